The van der Waals surface area contributed by atoms with E-state index in [1.807, 2.05) is 30.3 Å². The van der Waals surface area contributed by atoms with Crippen molar-refractivity contribution < 1.29 is 14.6 Å². The molecule has 0 heterocycles. The molecule has 0 atom stereocenters. The molecule has 0 fully saturated rings. The van der Waals surface area contributed by atoms with Crippen LogP contribution in [0, 0.1) is 0 Å². The first-order valence-corrected chi connectivity index (χ1v) is 5.74. The van der Waals surface area contributed by atoms with Crippen LogP contribution >= 0.6 is 11.6 Å². The number of hydrogen-bond donors (Lipinski definition) is 1. The van der Waals surface area contributed by atoms with Gasteiger partial charge in [-0.25, -0.2) is 4.79 Å². The third-order valence-electron chi connectivity index (χ3n) is 2.42. The summed E-state index contributed by atoms with van der Waals surface area (Å²) in [6, 6.07) is 14.0. The van der Waals surface area contributed by atoms with E-state index in [1.165, 1.54) is 18.2 Å². The Balaban J connectivity index is 2.14. The predicted molar refractivity (Wildman–Crippen MR) is 69.2 cm³/mol. The molecule has 0 aliphatic carbocycles. The van der Waals surface area contributed by atoms with E-state index in [0.29, 0.717) is 17.4 Å². The SMILES string of the molecule is O=C(O)c1ccc(Cl)c(OCc2ccccc2)c1. The first-order valence-electron chi connectivity index (χ1n) is 5.36. The van der Waals surface area contributed by atoms with Crippen molar-refractivity contribution in [3.05, 3.63) is 64.7 Å². The van der Waals surface area contributed by atoms with E-state index in [2.05, 4.69) is 0 Å². The monoisotopic (exact) mass is 262 g/mol. The van der Waals surface area contributed by atoms with Crippen LogP contribution in [0.4, 0.5) is 0 Å². The molecule has 0 aliphatic heterocycles. The third kappa shape index (κ3) is 3.02. The number of halogens is 1. The molecule has 0 bridgehead atoms. The van der Waals surface area contributed by atoms with E-state index in [9.17, 15) is 4.79 Å². The number of benzene rings is 2. The zero-order valence-electron chi connectivity index (χ0n) is 9.47. The van der Waals surface area contributed by atoms with Gasteiger partial charge in [-0.1, -0.05) is 41.9 Å². The Bertz CT molecular complexity index is 552. The number of carboxylic acid groups (broad SMARTS) is 1. The summed E-state index contributed by atoms with van der Waals surface area (Å²) in [7, 11) is 0. The van der Waals surface area contributed by atoms with Gasteiger partial charge in [0.05, 0.1) is 10.6 Å². The van der Waals surface area contributed by atoms with E-state index in [4.69, 9.17) is 21.4 Å². The maximum absolute atomic E-state index is 10.8. The molecule has 0 unspecified atom stereocenters. The molecule has 0 aliphatic rings. The second kappa shape index (κ2) is 5.56. The second-order valence-electron chi connectivity index (χ2n) is 3.72. The summed E-state index contributed by atoms with van der Waals surface area (Å²) in [4.78, 5) is 10.8. The van der Waals surface area contributed by atoms with E-state index >= 15 is 0 Å². The molecule has 0 aromatic heterocycles. The zero-order valence-corrected chi connectivity index (χ0v) is 10.2. The predicted octanol–water partition coefficient (Wildman–Crippen LogP) is 3.62. The van der Waals surface area contributed by atoms with E-state index in [0.717, 1.165) is 5.56 Å². The van der Waals surface area contributed by atoms with Gasteiger partial charge in [0, 0.05) is 0 Å². The third-order valence-corrected chi connectivity index (χ3v) is 2.73. The van der Waals surface area contributed by atoms with Gasteiger partial charge in [-0.2, -0.15) is 0 Å². The van der Waals surface area contributed by atoms with Crippen molar-refractivity contribution in [1.29, 1.82) is 0 Å². The Labute approximate surface area is 110 Å². The van der Waals surface area contributed by atoms with Crippen LogP contribution in [-0.4, -0.2) is 11.1 Å². The van der Waals surface area contributed by atoms with Crippen molar-refractivity contribution >= 4 is 17.6 Å². The number of aromatic carboxylic acids is 1. The minimum Gasteiger partial charge on any atom is -0.487 e. The minimum absolute atomic E-state index is 0.155. The first kappa shape index (κ1) is 12.5. The van der Waals surface area contributed by atoms with Crippen molar-refractivity contribution in [1.82, 2.24) is 0 Å². The molecule has 0 saturated heterocycles. The summed E-state index contributed by atoms with van der Waals surface area (Å²) in [5.74, 6) is -0.628. The lowest BCUT2D eigenvalue weighted by molar-refractivity contribution is 0.0696. The molecule has 4 heteroatoms. The molecule has 2 aromatic carbocycles. The fourth-order valence-corrected chi connectivity index (χ4v) is 1.65. The van der Waals surface area contributed by atoms with E-state index in [1.54, 1.807) is 0 Å². The minimum atomic E-state index is -1.00. The van der Waals surface area contributed by atoms with Crippen molar-refractivity contribution in [2.75, 3.05) is 0 Å². The van der Waals surface area contributed by atoms with Crippen LogP contribution in [0.3, 0.4) is 0 Å². The molecule has 2 rings (SSSR count). The molecule has 1 N–H and O–H groups in total. The fraction of sp³-hybridized carbons (Fsp3) is 0.0714. The van der Waals surface area contributed by atoms with Crippen LogP contribution in [0.1, 0.15) is 15.9 Å². The van der Waals surface area contributed by atoms with Crippen LogP contribution in [-0.2, 0) is 6.61 Å². The summed E-state index contributed by atoms with van der Waals surface area (Å²) in [5.41, 5.74) is 1.15. The summed E-state index contributed by atoms with van der Waals surface area (Å²) in [6.45, 7) is 0.351. The van der Waals surface area contributed by atoms with Gasteiger partial charge in [-0.3, -0.25) is 0 Å². The van der Waals surface area contributed by atoms with Gasteiger partial charge in [0.2, 0.25) is 0 Å². The fourth-order valence-electron chi connectivity index (χ4n) is 1.48. The Morgan fingerprint density at radius 2 is 1.89 bits per heavy atom. The molecule has 2 aromatic rings. The van der Waals surface area contributed by atoms with Gasteiger partial charge in [0.25, 0.3) is 0 Å². The number of carbonyl (C=O) groups is 1. The zero-order chi connectivity index (χ0) is 13.0. The maximum atomic E-state index is 10.8. The standard InChI is InChI=1S/C14H11ClO3/c15-12-7-6-11(14(16)17)8-13(12)18-9-10-4-2-1-3-5-10/h1-8H,9H2,(H,16,17). The van der Waals surface area contributed by atoms with Gasteiger partial charge in [0.15, 0.2) is 0 Å². The van der Waals surface area contributed by atoms with Crippen LogP contribution in [0.5, 0.6) is 5.75 Å². The Hall–Kier alpha value is -2.00. The normalized spacial score (nSPS) is 10.1. The molecule has 3 nitrogen and oxygen atoms in total. The van der Waals surface area contributed by atoms with Crippen LogP contribution in [0.25, 0.3) is 0 Å². The number of rotatable bonds is 4. The summed E-state index contributed by atoms with van der Waals surface area (Å²) < 4.78 is 5.52. The van der Waals surface area contributed by atoms with Gasteiger partial charge < -0.3 is 9.84 Å². The van der Waals surface area contributed by atoms with Crippen LogP contribution < -0.4 is 4.74 Å². The van der Waals surface area contributed by atoms with Crippen molar-refractivity contribution in [3.8, 4) is 5.75 Å². The highest BCUT2D eigenvalue weighted by Crippen LogP contribution is 2.26. The topological polar surface area (TPSA) is 46.5 Å². The number of hydrogen-bond acceptors (Lipinski definition) is 2. The lowest BCUT2D eigenvalue weighted by atomic mass is 10.2. The smallest absolute Gasteiger partial charge is 0.335 e. The van der Waals surface area contributed by atoms with E-state index in [-0.39, 0.29) is 5.56 Å². The average molecular weight is 263 g/mol. The Morgan fingerprint density at radius 1 is 1.17 bits per heavy atom. The summed E-state index contributed by atoms with van der Waals surface area (Å²) >= 11 is 5.95. The second-order valence-corrected chi connectivity index (χ2v) is 4.13. The lowest BCUT2D eigenvalue weighted by Crippen LogP contribution is -1.99. The summed E-state index contributed by atoms with van der Waals surface area (Å²) in [6.07, 6.45) is 0. The van der Waals surface area contributed by atoms with Crippen molar-refractivity contribution in [2.24, 2.45) is 0 Å². The van der Waals surface area contributed by atoms with Crippen molar-refractivity contribution in [2.45, 2.75) is 6.61 Å². The number of carboxylic acids is 1. The Morgan fingerprint density at radius 3 is 2.56 bits per heavy atom. The van der Waals surface area contributed by atoms with Crippen LogP contribution in [0.2, 0.25) is 5.02 Å². The molecule has 0 radical (unpaired) electrons. The molecule has 92 valence electrons. The molecule has 18 heavy (non-hydrogen) atoms. The quantitative estimate of drug-likeness (QED) is 0.915. The van der Waals surface area contributed by atoms with Gasteiger partial charge in [0.1, 0.15) is 12.4 Å². The summed E-state index contributed by atoms with van der Waals surface area (Å²) in [5, 5.41) is 9.29. The lowest BCUT2D eigenvalue weighted by Gasteiger charge is -2.08. The van der Waals surface area contributed by atoms with Crippen LogP contribution in [0.15, 0.2) is 48.5 Å². The largest absolute Gasteiger partial charge is 0.487 e. The van der Waals surface area contributed by atoms with Gasteiger partial charge in [-0.15, -0.1) is 0 Å². The highest BCUT2D eigenvalue weighted by Gasteiger charge is 2.08. The molecule has 0 amide bonds. The Kier molecular flexibility index (Phi) is 3.85. The molecular weight excluding hydrogens is 252 g/mol. The highest BCUT2D eigenvalue weighted by atomic mass is 35.5. The van der Waals surface area contributed by atoms with Gasteiger partial charge in [-0.05, 0) is 23.8 Å². The molecule has 0 spiro atoms. The molecular formula is C14H11ClO3. The number of ether oxygens (including phenoxy) is 1. The van der Waals surface area contributed by atoms with Gasteiger partial charge >= 0.3 is 5.97 Å². The molecule has 0 saturated carbocycles. The van der Waals surface area contributed by atoms with E-state index < -0.39 is 5.97 Å². The highest BCUT2D eigenvalue weighted by molar-refractivity contribution is 6.32. The first-order chi connectivity index (χ1) is 8.66. The maximum Gasteiger partial charge on any atom is 0.335 e. The average Bonchev–Trinajstić information content (AvgIpc) is 2.38. The van der Waals surface area contributed by atoms with Crippen molar-refractivity contribution in [3.63, 3.8) is 0 Å².